The van der Waals surface area contributed by atoms with Gasteiger partial charge in [0.2, 0.25) is 5.13 Å². The molecule has 1 unspecified atom stereocenters. The number of carboxylic acid groups (broad SMARTS) is 1. The Morgan fingerprint density at radius 3 is 3.00 bits per heavy atom. The molecule has 0 aromatic carbocycles. The van der Waals surface area contributed by atoms with Gasteiger partial charge in [0, 0.05) is 24.0 Å². The smallest absolute Gasteiger partial charge is 0.329 e. The van der Waals surface area contributed by atoms with Crippen molar-refractivity contribution >= 4 is 22.6 Å². The minimum atomic E-state index is -0.805. The Bertz CT molecular complexity index is 457. The highest BCUT2D eigenvalue weighted by Gasteiger charge is 2.45. The first-order valence-corrected chi connectivity index (χ1v) is 6.73. The highest BCUT2D eigenvalue weighted by molar-refractivity contribution is 7.09. The zero-order chi connectivity index (χ0) is 12.0. The summed E-state index contributed by atoms with van der Waals surface area (Å²) in [6.07, 6.45) is 3.93. The SMILES string of the molecule is CC1(C(=O)O)CCCN1c1nc(C2CC2)ns1. The maximum atomic E-state index is 11.4. The number of hydrogen-bond acceptors (Lipinski definition) is 5. The molecule has 0 bridgehead atoms. The third-order valence-electron chi connectivity index (χ3n) is 3.71. The van der Waals surface area contributed by atoms with E-state index >= 15 is 0 Å². The van der Waals surface area contributed by atoms with Crippen LogP contribution in [0.4, 0.5) is 5.13 Å². The molecular formula is C11H15N3O2S. The molecule has 2 fully saturated rings. The maximum Gasteiger partial charge on any atom is 0.329 e. The highest BCUT2D eigenvalue weighted by Crippen LogP contribution is 2.41. The van der Waals surface area contributed by atoms with Gasteiger partial charge in [-0.05, 0) is 32.6 Å². The molecule has 1 aliphatic carbocycles. The van der Waals surface area contributed by atoms with Gasteiger partial charge in [0.1, 0.15) is 11.4 Å². The number of rotatable bonds is 3. The fourth-order valence-electron chi connectivity index (χ4n) is 2.34. The largest absolute Gasteiger partial charge is 0.480 e. The second kappa shape index (κ2) is 3.66. The van der Waals surface area contributed by atoms with Gasteiger partial charge in [0.15, 0.2) is 0 Å². The lowest BCUT2D eigenvalue weighted by atomic mass is 10.00. The van der Waals surface area contributed by atoms with Crippen LogP contribution in [0.25, 0.3) is 0 Å². The molecule has 6 heteroatoms. The van der Waals surface area contributed by atoms with Gasteiger partial charge >= 0.3 is 5.97 Å². The van der Waals surface area contributed by atoms with Crippen molar-refractivity contribution in [3.05, 3.63) is 5.82 Å². The van der Waals surface area contributed by atoms with Gasteiger partial charge in [-0.15, -0.1) is 0 Å². The fourth-order valence-corrected chi connectivity index (χ4v) is 3.23. The molecule has 5 nitrogen and oxygen atoms in total. The van der Waals surface area contributed by atoms with Crippen molar-refractivity contribution in [1.82, 2.24) is 9.36 Å². The third-order valence-corrected chi connectivity index (χ3v) is 4.46. The average molecular weight is 253 g/mol. The van der Waals surface area contributed by atoms with E-state index in [1.165, 1.54) is 24.4 Å². The van der Waals surface area contributed by atoms with Crippen LogP contribution in [0.2, 0.25) is 0 Å². The van der Waals surface area contributed by atoms with Crippen molar-refractivity contribution in [2.75, 3.05) is 11.4 Å². The van der Waals surface area contributed by atoms with Crippen LogP contribution < -0.4 is 4.90 Å². The first-order chi connectivity index (χ1) is 8.11. The summed E-state index contributed by atoms with van der Waals surface area (Å²) in [6, 6.07) is 0. The highest BCUT2D eigenvalue weighted by atomic mass is 32.1. The Labute approximate surface area is 104 Å². The van der Waals surface area contributed by atoms with Crippen LogP contribution in [-0.4, -0.2) is 32.5 Å². The molecule has 3 rings (SSSR count). The van der Waals surface area contributed by atoms with Crippen LogP contribution in [0.5, 0.6) is 0 Å². The molecule has 0 radical (unpaired) electrons. The number of hydrogen-bond donors (Lipinski definition) is 1. The minimum Gasteiger partial charge on any atom is -0.480 e. The van der Waals surface area contributed by atoms with Gasteiger partial charge in [-0.25, -0.2) is 9.78 Å². The summed E-state index contributed by atoms with van der Waals surface area (Å²) in [7, 11) is 0. The van der Waals surface area contributed by atoms with E-state index in [4.69, 9.17) is 0 Å². The van der Waals surface area contributed by atoms with Crippen molar-refractivity contribution < 1.29 is 9.90 Å². The lowest BCUT2D eigenvalue weighted by Crippen LogP contribution is -2.48. The molecular weight excluding hydrogens is 238 g/mol. The van der Waals surface area contributed by atoms with Gasteiger partial charge in [0.05, 0.1) is 0 Å². The van der Waals surface area contributed by atoms with Crippen molar-refractivity contribution in [2.24, 2.45) is 0 Å². The third kappa shape index (κ3) is 1.71. The van der Waals surface area contributed by atoms with Gasteiger partial charge in [-0.3, -0.25) is 0 Å². The van der Waals surface area contributed by atoms with Crippen LogP contribution >= 0.6 is 11.5 Å². The Hall–Kier alpha value is -1.17. The summed E-state index contributed by atoms with van der Waals surface area (Å²) >= 11 is 1.34. The predicted octanol–water partition coefficient (Wildman–Crippen LogP) is 1.86. The van der Waals surface area contributed by atoms with Crippen LogP contribution in [0.15, 0.2) is 0 Å². The fraction of sp³-hybridized carbons (Fsp3) is 0.727. The first kappa shape index (κ1) is 11.0. The number of aromatic nitrogens is 2. The van der Waals surface area contributed by atoms with Crippen LogP contribution in [0.1, 0.15) is 44.3 Å². The molecule has 2 aliphatic rings. The number of carboxylic acids is 1. The van der Waals surface area contributed by atoms with E-state index in [1.54, 1.807) is 6.92 Å². The Balaban J connectivity index is 1.88. The molecule has 1 N–H and O–H groups in total. The predicted molar refractivity (Wildman–Crippen MR) is 64.5 cm³/mol. The molecule has 1 atom stereocenters. The van der Waals surface area contributed by atoms with Gasteiger partial charge < -0.3 is 10.0 Å². The van der Waals surface area contributed by atoms with Gasteiger partial charge in [0.25, 0.3) is 0 Å². The Morgan fingerprint density at radius 2 is 2.35 bits per heavy atom. The van der Waals surface area contributed by atoms with Gasteiger partial charge in [-0.1, -0.05) is 0 Å². The minimum absolute atomic E-state index is 0.527. The quantitative estimate of drug-likeness (QED) is 0.890. The molecule has 2 heterocycles. The summed E-state index contributed by atoms with van der Waals surface area (Å²) < 4.78 is 4.34. The normalized spacial score (nSPS) is 28.6. The average Bonchev–Trinajstić information content (AvgIpc) is 2.88. The topological polar surface area (TPSA) is 66.3 Å². The lowest BCUT2D eigenvalue weighted by Gasteiger charge is -2.30. The molecule has 0 amide bonds. The maximum absolute atomic E-state index is 11.4. The van der Waals surface area contributed by atoms with E-state index in [-0.39, 0.29) is 0 Å². The van der Waals surface area contributed by atoms with Crippen molar-refractivity contribution in [2.45, 2.75) is 44.1 Å². The molecule has 92 valence electrons. The number of carbonyl (C=O) groups is 1. The van der Waals surface area contributed by atoms with E-state index < -0.39 is 11.5 Å². The summed E-state index contributed by atoms with van der Waals surface area (Å²) in [5, 5.41) is 10.1. The Kier molecular flexibility index (Phi) is 2.36. The van der Waals surface area contributed by atoms with Crippen LogP contribution in [0.3, 0.4) is 0 Å². The van der Waals surface area contributed by atoms with Crippen LogP contribution in [-0.2, 0) is 4.79 Å². The van der Waals surface area contributed by atoms with E-state index in [2.05, 4.69) is 9.36 Å². The zero-order valence-corrected chi connectivity index (χ0v) is 10.5. The zero-order valence-electron chi connectivity index (χ0n) is 9.72. The summed E-state index contributed by atoms with van der Waals surface area (Å²) in [6.45, 7) is 2.54. The van der Waals surface area contributed by atoms with E-state index in [9.17, 15) is 9.90 Å². The standard InChI is InChI=1S/C11H15N3O2S/c1-11(9(15)16)5-2-6-14(11)10-12-8(13-17-10)7-3-4-7/h7H,2-6H2,1H3,(H,15,16). The summed E-state index contributed by atoms with van der Waals surface area (Å²) in [5.41, 5.74) is -0.805. The monoisotopic (exact) mass is 253 g/mol. The molecule has 1 saturated heterocycles. The molecule has 1 saturated carbocycles. The van der Waals surface area contributed by atoms with E-state index in [0.29, 0.717) is 12.3 Å². The summed E-state index contributed by atoms with van der Waals surface area (Å²) in [4.78, 5) is 17.8. The molecule has 1 aromatic rings. The lowest BCUT2D eigenvalue weighted by molar-refractivity contribution is -0.142. The summed E-state index contributed by atoms with van der Waals surface area (Å²) in [5.74, 6) is 0.668. The molecule has 1 aliphatic heterocycles. The Morgan fingerprint density at radius 1 is 1.59 bits per heavy atom. The molecule has 17 heavy (non-hydrogen) atoms. The van der Waals surface area contributed by atoms with Crippen molar-refractivity contribution in [3.8, 4) is 0 Å². The van der Waals surface area contributed by atoms with Gasteiger partial charge in [-0.2, -0.15) is 4.37 Å². The van der Waals surface area contributed by atoms with Crippen LogP contribution in [0, 0.1) is 0 Å². The second-order valence-corrected chi connectivity index (χ2v) is 5.77. The number of aliphatic carboxylic acids is 1. The number of anilines is 1. The number of nitrogens with zero attached hydrogens (tertiary/aromatic N) is 3. The van der Waals surface area contributed by atoms with E-state index in [0.717, 1.165) is 23.9 Å². The van der Waals surface area contributed by atoms with E-state index in [1.807, 2.05) is 4.90 Å². The van der Waals surface area contributed by atoms with Crippen molar-refractivity contribution in [3.63, 3.8) is 0 Å². The molecule has 0 spiro atoms. The molecule has 1 aromatic heterocycles. The first-order valence-electron chi connectivity index (χ1n) is 5.96. The van der Waals surface area contributed by atoms with Crippen molar-refractivity contribution in [1.29, 1.82) is 0 Å². The second-order valence-electron chi connectivity index (χ2n) is 5.04.